The fraction of sp³-hybridized carbons (Fsp3) is 0.407. The van der Waals surface area contributed by atoms with Crippen LogP contribution in [0.5, 0.6) is 0 Å². The highest BCUT2D eigenvalue weighted by Gasteiger charge is 2.27. The van der Waals surface area contributed by atoms with E-state index in [0.717, 1.165) is 33.7 Å². The number of nitriles is 1. The van der Waals surface area contributed by atoms with Crippen LogP contribution in [-0.2, 0) is 33.7 Å². The minimum Gasteiger partial charge on any atom is -0.494 e. The van der Waals surface area contributed by atoms with Gasteiger partial charge in [-0.15, -0.1) is 11.3 Å². The van der Waals surface area contributed by atoms with E-state index in [4.69, 9.17) is 14.0 Å². The zero-order chi connectivity index (χ0) is 26.8. The number of thiophene rings is 1. The van der Waals surface area contributed by atoms with E-state index in [1.54, 1.807) is 19.1 Å². The lowest BCUT2D eigenvalue weighted by Gasteiger charge is -2.21. The number of carbonyl (C=O) groups excluding carboxylic acids is 2. The van der Waals surface area contributed by atoms with Gasteiger partial charge in [0.2, 0.25) is 5.91 Å². The average Bonchev–Trinajstić information content (AvgIpc) is 3.45. The summed E-state index contributed by atoms with van der Waals surface area (Å²) in [5.41, 5.74) is 3.82. The molecule has 2 N–H and O–H groups in total. The number of aryl methyl sites for hydroxylation is 1. The third kappa shape index (κ3) is 7.57. The van der Waals surface area contributed by atoms with E-state index >= 15 is 0 Å². The molecule has 9 nitrogen and oxygen atoms in total. The summed E-state index contributed by atoms with van der Waals surface area (Å²) >= 11 is 1.42. The molecule has 0 saturated carbocycles. The van der Waals surface area contributed by atoms with Gasteiger partial charge in [0.25, 0.3) is 0 Å². The summed E-state index contributed by atoms with van der Waals surface area (Å²) < 4.78 is 15.7. The molecular formula is C27H32N4O5S. The minimum absolute atomic E-state index is 0.139. The number of carbonyl (C=O) groups is 2. The lowest BCUT2D eigenvalue weighted by molar-refractivity contribution is -0.116. The van der Waals surface area contributed by atoms with Gasteiger partial charge in [-0.3, -0.25) is 4.79 Å². The summed E-state index contributed by atoms with van der Waals surface area (Å²) in [4.78, 5) is 25.8. The Bertz CT molecular complexity index is 1220. The van der Waals surface area contributed by atoms with Gasteiger partial charge in [-0.25, -0.2) is 4.79 Å². The molecule has 3 rings (SSSR count). The van der Waals surface area contributed by atoms with Gasteiger partial charge in [-0.1, -0.05) is 30.5 Å². The van der Waals surface area contributed by atoms with E-state index in [1.165, 1.54) is 17.6 Å². The van der Waals surface area contributed by atoms with Crippen molar-refractivity contribution in [2.45, 2.75) is 52.5 Å². The van der Waals surface area contributed by atoms with Crippen molar-refractivity contribution in [3.05, 3.63) is 70.2 Å². The highest BCUT2D eigenvalue weighted by atomic mass is 32.1. The number of fused-ring (bicyclic) bond motifs is 1. The Morgan fingerprint density at radius 3 is 2.86 bits per heavy atom. The van der Waals surface area contributed by atoms with Crippen LogP contribution in [0.2, 0.25) is 0 Å². The van der Waals surface area contributed by atoms with Gasteiger partial charge in [0.1, 0.15) is 23.1 Å². The monoisotopic (exact) mass is 524 g/mol. The third-order valence-corrected chi connectivity index (χ3v) is 7.24. The van der Waals surface area contributed by atoms with Crippen LogP contribution in [0.1, 0.15) is 53.4 Å². The number of alkyl carbamates (subject to hydrolysis) is 1. The Morgan fingerprint density at radius 2 is 2.19 bits per heavy atom. The molecule has 2 heterocycles. The highest BCUT2D eigenvalue weighted by Crippen LogP contribution is 2.39. The van der Waals surface area contributed by atoms with Crippen LogP contribution in [0.25, 0.3) is 0 Å². The van der Waals surface area contributed by atoms with Crippen molar-refractivity contribution >= 4 is 28.3 Å². The Hall–Kier alpha value is -3.84. The van der Waals surface area contributed by atoms with E-state index in [-0.39, 0.29) is 31.4 Å². The van der Waals surface area contributed by atoms with Gasteiger partial charge in [-0.2, -0.15) is 5.26 Å². The maximum Gasteiger partial charge on any atom is 0.407 e. The van der Waals surface area contributed by atoms with Crippen molar-refractivity contribution in [3.8, 4) is 6.07 Å². The number of nitrogens with one attached hydrogen (secondary N) is 2. The van der Waals surface area contributed by atoms with E-state index in [1.807, 2.05) is 6.92 Å². The summed E-state index contributed by atoms with van der Waals surface area (Å²) in [6, 6.07) is 2.26. The molecule has 2 aromatic heterocycles. The van der Waals surface area contributed by atoms with Crippen LogP contribution in [0, 0.1) is 24.2 Å². The summed E-state index contributed by atoms with van der Waals surface area (Å²) in [6.45, 7) is 12.3. The molecule has 1 aliphatic carbocycles. The van der Waals surface area contributed by atoms with Gasteiger partial charge >= 0.3 is 6.09 Å². The van der Waals surface area contributed by atoms with Crippen molar-refractivity contribution in [2.24, 2.45) is 5.92 Å². The summed E-state index contributed by atoms with van der Waals surface area (Å²) in [5.74, 6) is 0.476. The molecule has 0 radical (unpaired) electrons. The Morgan fingerprint density at radius 1 is 1.38 bits per heavy atom. The lowest BCUT2D eigenvalue weighted by atomic mass is 9.88. The van der Waals surface area contributed by atoms with Crippen LogP contribution in [0.15, 0.2) is 47.4 Å². The van der Waals surface area contributed by atoms with Crippen molar-refractivity contribution in [1.82, 2.24) is 10.5 Å². The predicted octanol–water partition coefficient (Wildman–Crippen LogP) is 5.33. The fourth-order valence-corrected chi connectivity index (χ4v) is 5.39. The predicted molar refractivity (Wildman–Crippen MR) is 141 cm³/mol. The van der Waals surface area contributed by atoms with Crippen molar-refractivity contribution < 1.29 is 23.6 Å². The number of nitrogens with zero attached hydrogens (tertiary/aromatic N) is 2. The van der Waals surface area contributed by atoms with Crippen molar-refractivity contribution in [1.29, 1.82) is 5.26 Å². The van der Waals surface area contributed by atoms with Crippen LogP contribution in [0.4, 0.5) is 9.80 Å². The fourth-order valence-electron chi connectivity index (χ4n) is 4.06. The first kappa shape index (κ1) is 27.7. The topological polar surface area (TPSA) is 126 Å². The zero-order valence-corrected chi connectivity index (χ0v) is 22.0. The normalized spacial score (nSPS) is 14.7. The van der Waals surface area contributed by atoms with E-state index < -0.39 is 6.09 Å². The number of allylic oxidation sites excluding steroid dienone is 3. The minimum atomic E-state index is -0.500. The van der Waals surface area contributed by atoms with E-state index in [0.29, 0.717) is 42.2 Å². The molecule has 37 heavy (non-hydrogen) atoms. The van der Waals surface area contributed by atoms with Gasteiger partial charge < -0.3 is 24.6 Å². The second-order valence-electron chi connectivity index (χ2n) is 8.64. The van der Waals surface area contributed by atoms with Gasteiger partial charge in [0, 0.05) is 16.9 Å². The summed E-state index contributed by atoms with van der Waals surface area (Å²) in [6.07, 6.45) is 7.25. The molecule has 0 aromatic carbocycles. The molecule has 196 valence electrons. The molecule has 0 saturated heterocycles. The van der Waals surface area contributed by atoms with Crippen molar-refractivity contribution in [2.75, 3.05) is 18.5 Å². The average molecular weight is 525 g/mol. The second kappa shape index (κ2) is 13.5. The SMILES string of the molecule is C=C/C=C(/CCC(=O)Nc1sc2c(c1C#N)CCC(COC(=O)NCc1conc1C)C2)C(=C)OCC. The molecule has 10 heteroatoms. The summed E-state index contributed by atoms with van der Waals surface area (Å²) in [5, 5.41) is 19.7. The molecule has 2 aromatic rings. The first-order chi connectivity index (χ1) is 17.9. The highest BCUT2D eigenvalue weighted by molar-refractivity contribution is 7.16. The number of rotatable bonds is 12. The molecule has 0 aliphatic heterocycles. The van der Waals surface area contributed by atoms with Crippen LogP contribution < -0.4 is 10.6 Å². The smallest absolute Gasteiger partial charge is 0.407 e. The molecule has 0 bridgehead atoms. The molecule has 1 unspecified atom stereocenters. The number of hydrogen-bond acceptors (Lipinski definition) is 8. The van der Waals surface area contributed by atoms with Gasteiger partial charge in [-0.05, 0) is 56.6 Å². The Kier molecular flexibility index (Phi) is 10.1. The summed E-state index contributed by atoms with van der Waals surface area (Å²) in [7, 11) is 0. The maximum atomic E-state index is 12.7. The van der Waals surface area contributed by atoms with Crippen LogP contribution in [-0.4, -0.2) is 30.4 Å². The molecule has 0 fully saturated rings. The Labute approximate surface area is 220 Å². The first-order valence-corrected chi connectivity index (χ1v) is 13.0. The number of aromatic nitrogens is 1. The third-order valence-electron chi connectivity index (χ3n) is 6.07. The number of hydrogen-bond donors (Lipinski definition) is 2. The van der Waals surface area contributed by atoms with Gasteiger partial charge in [0.05, 0.1) is 31.0 Å². The van der Waals surface area contributed by atoms with Crippen LogP contribution >= 0.6 is 11.3 Å². The quantitative estimate of drug-likeness (QED) is 0.284. The maximum absolute atomic E-state index is 12.7. The molecule has 2 amide bonds. The number of ether oxygens (including phenoxy) is 2. The second-order valence-corrected chi connectivity index (χ2v) is 9.74. The molecular weight excluding hydrogens is 492 g/mol. The molecule has 1 aliphatic rings. The standard InChI is InChI=1S/C27H32N4O5S/c1-5-7-20(18(4)34-6-2)9-11-25(32)30-26-23(13-28)22-10-8-19(12-24(22)37-26)15-35-27(33)29-14-21-16-36-31-17(21)3/h5,7,16,19H,1,4,6,8-12,14-15H2,2-3H3,(H,29,33)(H,30,32)/b20-7-. The van der Waals surface area contributed by atoms with Crippen molar-refractivity contribution in [3.63, 3.8) is 0 Å². The number of anilines is 1. The zero-order valence-electron chi connectivity index (χ0n) is 21.2. The number of amides is 2. The largest absolute Gasteiger partial charge is 0.494 e. The molecule has 1 atom stereocenters. The lowest BCUT2D eigenvalue weighted by Crippen LogP contribution is -2.27. The first-order valence-electron chi connectivity index (χ1n) is 12.1. The van der Waals surface area contributed by atoms with E-state index in [9.17, 15) is 14.9 Å². The van der Waals surface area contributed by atoms with E-state index in [2.05, 4.69) is 35.0 Å². The van der Waals surface area contributed by atoms with Crippen LogP contribution in [0.3, 0.4) is 0 Å². The molecule has 0 spiro atoms. The Balaban J connectivity index is 1.53. The van der Waals surface area contributed by atoms with Gasteiger partial charge in [0.15, 0.2) is 0 Å².